The van der Waals surface area contributed by atoms with Gasteiger partial charge < -0.3 is 9.67 Å². The van der Waals surface area contributed by atoms with Gasteiger partial charge in [-0.1, -0.05) is 13.8 Å². The zero-order chi connectivity index (χ0) is 14.2. The van der Waals surface area contributed by atoms with E-state index in [1.54, 1.807) is 6.07 Å². The SMILES string of the molecule is CC(C)C(CC(=O)O)c1cn(C)c2ccc(F)cc12. The molecule has 0 aliphatic rings. The summed E-state index contributed by atoms with van der Waals surface area (Å²) in [6.45, 7) is 3.98. The number of carboxylic acid groups (broad SMARTS) is 1. The Kier molecular flexibility index (Phi) is 3.60. The fourth-order valence-electron chi connectivity index (χ4n) is 2.58. The highest BCUT2D eigenvalue weighted by Gasteiger charge is 2.23. The molecule has 1 heterocycles. The molecule has 3 nitrogen and oxygen atoms in total. The van der Waals surface area contributed by atoms with E-state index < -0.39 is 5.97 Å². The molecule has 1 atom stereocenters. The molecule has 1 N–H and O–H groups in total. The molecule has 2 rings (SSSR count). The van der Waals surface area contributed by atoms with Gasteiger partial charge in [-0.15, -0.1) is 0 Å². The third-order valence-electron chi connectivity index (χ3n) is 3.58. The van der Waals surface area contributed by atoms with Crippen LogP contribution in [0.2, 0.25) is 0 Å². The van der Waals surface area contributed by atoms with Crippen LogP contribution in [0.15, 0.2) is 24.4 Å². The van der Waals surface area contributed by atoms with Crippen molar-refractivity contribution in [1.82, 2.24) is 4.57 Å². The molecule has 0 saturated carbocycles. The lowest BCUT2D eigenvalue weighted by atomic mass is 9.85. The van der Waals surface area contributed by atoms with E-state index in [2.05, 4.69) is 0 Å². The molecule has 0 saturated heterocycles. The normalized spacial score (nSPS) is 13.1. The minimum Gasteiger partial charge on any atom is -0.481 e. The zero-order valence-electron chi connectivity index (χ0n) is 11.4. The summed E-state index contributed by atoms with van der Waals surface area (Å²) in [6.07, 6.45) is 1.98. The van der Waals surface area contributed by atoms with E-state index in [-0.39, 0.29) is 24.1 Å². The van der Waals surface area contributed by atoms with Crippen molar-refractivity contribution in [3.05, 3.63) is 35.8 Å². The summed E-state index contributed by atoms with van der Waals surface area (Å²) < 4.78 is 15.3. The van der Waals surface area contributed by atoms with Crippen LogP contribution >= 0.6 is 0 Å². The Morgan fingerprint density at radius 3 is 2.68 bits per heavy atom. The highest BCUT2D eigenvalue weighted by Crippen LogP contribution is 2.34. The van der Waals surface area contributed by atoms with Crippen molar-refractivity contribution in [3.63, 3.8) is 0 Å². The van der Waals surface area contributed by atoms with E-state index in [4.69, 9.17) is 5.11 Å². The maximum Gasteiger partial charge on any atom is 0.303 e. The van der Waals surface area contributed by atoms with Crippen molar-refractivity contribution < 1.29 is 14.3 Å². The fraction of sp³-hybridized carbons (Fsp3) is 0.400. The molecule has 4 heteroatoms. The predicted octanol–water partition coefficient (Wildman–Crippen LogP) is 3.53. The molecule has 1 aromatic heterocycles. The molecule has 0 fully saturated rings. The summed E-state index contributed by atoms with van der Waals surface area (Å²) in [7, 11) is 1.89. The van der Waals surface area contributed by atoms with Crippen molar-refractivity contribution in [3.8, 4) is 0 Å². The van der Waals surface area contributed by atoms with Crippen LogP contribution in [0.4, 0.5) is 4.39 Å². The number of benzene rings is 1. The van der Waals surface area contributed by atoms with E-state index in [1.165, 1.54) is 12.1 Å². The molecular weight excluding hydrogens is 245 g/mol. The van der Waals surface area contributed by atoms with E-state index in [9.17, 15) is 9.18 Å². The average molecular weight is 263 g/mol. The Balaban J connectivity index is 2.59. The molecule has 2 aromatic rings. The zero-order valence-corrected chi connectivity index (χ0v) is 11.4. The monoisotopic (exact) mass is 263 g/mol. The van der Waals surface area contributed by atoms with Gasteiger partial charge >= 0.3 is 5.97 Å². The van der Waals surface area contributed by atoms with Crippen LogP contribution in [-0.2, 0) is 11.8 Å². The van der Waals surface area contributed by atoms with E-state index in [1.807, 2.05) is 31.7 Å². The number of hydrogen-bond acceptors (Lipinski definition) is 1. The van der Waals surface area contributed by atoms with E-state index >= 15 is 0 Å². The number of aryl methyl sites for hydroxylation is 1. The second-order valence-electron chi connectivity index (χ2n) is 5.31. The molecule has 0 spiro atoms. The lowest BCUT2D eigenvalue weighted by molar-refractivity contribution is -0.137. The van der Waals surface area contributed by atoms with Crippen LogP contribution < -0.4 is 0 Å². The van der Waals surface area contributed by atoms with Gasteiger partial charge in [-0.05, 0) is 35.6 Å². The van der Waals surface area contributed by atoms with Crippen LogP contribution in [0.3, 0.4) is 0 Å². The number of halogens is 1. The second-order valence-corrected chi connectivity index (χ2v) is 5.31. The number of hydrogen-bond donors (Lipinski definition) is 1. The molecule has 102 valence electrons. The van der Waals surface area contributed by atoms with Gasteiger partial charge in [0, 0.05) is 24.1 Å². The van der Waals surface area contributed by atoms with E-state index in [0.717, 1.165) is 16.5 Å². The molecule has 19 heavy (non-hydrogen) atoms. The minimum atomic E-state index is -0.827. The van der Waals surface area contributed by atoms with Gasteiger partial charge in [0.2, 0.25) is 0 Å². The number of carbonyl (C=O) groups is 1. The lowest BCUT2D eigenvalue weighted by Gasteiger charge is -2.18. The van der Waals surface area contributed by atoms with Gasteiger partial charge in [0.25, 0.3) is 0 Å². The quantitative estimate of drug-likeness (QED) is 0.916. The van der Waals surface area contributed by atoms with Gasteiger partial charge in [0.15, 0.2) is 0 Å². The summed E-state index contributed by atoms with van der Waals surface area (Å²) in [5.41, 5.74) is 1.84. The van der Waals surface area contributed by atoms with Crippen molar-refractivity contribution in [2.45, 2.75) is 26.2 Å². The van der Waals surface area contributed by atoms with Crippen LogP contribution in [0.1, 0.15) is 31.7 Å². The Morgan fingerprint density at radius 2 is 2.11 bits per heavy atom. The summed E-state index contributed by atoms with van der Waals surface area (Å²) in [4.78, 5) is 11.0. The number of rotatable bonds is 4. The van der Waals surface area contributed by atoms with Crippen molar-refractivity contribution in [1.29, 1.82) is 0 Å². The van der Waals surface area contributed by atoms with Gasteiger partial charge in [-0.2, -0.15) is 0 Å². The summed E-state index contributed by atoms with van der Waals surface area (Å²) in [5.74, 6) is -1.04. The first-order valence-corrected chi connectivity index (χ1v) is 6.36. The summed E-state index contributed by atoms with van der Waals surface area (Å²) >= 11 is 0. The third kappa shape index (κ3) is 2.62. The van der Waals surface area contributed by atoms with Gasteiger partial charge in [0.05, 0.1) is 6.42 Å². The van der Waals surface area contributed by atoms with E-state index in [0.29, 0.717) is 0 Å². The average Bonchev–Trinajstić information content (AvgIpc) is 2.62. The molecular formula is C15H18FNO2. The van der Waals surface area contributed by atoms with Gasteiger partial charge in [-0.3, -0.25) is 4.79 Å². The number of aromatic nitrogens is 1. The number of aliphatic carboxylic acids is 1. The Bertz CT molecular complexity index is 616. The van der Waals surface area contributed by atoms with Crippen LogP contribution in [0, 0.1) is 11.7 Å². The summed E-state index contributed by atoms with van der Waals surface area (Å²) in [6, 6.07) is 4.64. The first-order chi connectivity index (χ1) is 8.90. The Hall–Kier alpha value is -1.84. The summed E-state index contributed by atoms with van der Waals surface area (Å²) in [5, 5.41) is 9.85. The lowest BCUT2D eigenvalue weighted by Crippen LogP contribution is -2.11. The Morgan fingerprint density at radius 1 is 1.42 bits per heavy atom. The fourth-order valence-corrected chi connectivity index (χ4v) is 2.58. The van der Waals surface area contributed by atoms with Crippen molar-refractivity contribution in [2.75, 3.05) is 0 Å². The Labute approximate surface area is 111 Å². The largest absolute Gasteiger partial charge is 0.481 e. The first kappa shape index (κ1) is 13.6. The second kappa shape index (κ2) is 5.03. The van der Waals surface area contributed by atoms with Crippen LogP contribution in [0.25, 0.3) is 10.9 Å². The standard InChI is InChI=1S/C15H18FNO2/c1-9(2)11(7-15(18)19)13-8-17(3)14-5-4-10(16)6-12(13)14/h4-6,8-9,11H,7H2,1-3H3,(H,18,19). The highest BCUT2D eigenvalue weighted by molar-refractivity contribution is 5.85. The molecule has 1 unspecified atom stereocenters. The maximum absolute atomic E-state index is 13.4. The molecule has 0 amide bonds. The predicted molar refractivity (Wildman–Crippen MR) is 72.7 cm³/mol. The number of carboxylic acids is 1. The molecule has 0 aliphatic heterocycles. The third-order valence-corrected chi connectivity index (χ3v) is 3.58. The van der Waals surface area contributed by atoms with Crippen molar-refractivity contribution in [2.24, 2.45) is 13.0 Å². The highest BCUT2D eigenvalue weighted by atomic mass is 19.1. The molecule has 1 aromatic carbocycles. The van der Waals surface area contributed by atoms with Crippen LogP contribution in [0.5, 0.6) is 0 Å². The van der Waals surface area contributed by atoms with Gasteiger partial charge in [-0.25, -0.2) is 4.39 Å². The minimum absolute atomic E-state index is 0.0628. The number of fused-ring (bicyclic) bond motifs is 1. The molecule has 0 bridgehead atoms. The number of nitrogens with zero attached hydrogens (tertiary/aromatic N) is 1. The van der Waals surface area contributed by atoms with Crippen molar-refractivity contribution >= 4 is 16.9 Å². The van der Waals surface area contributed by atoms with Crippen LogP contribution in [-0.4, -0.2) is 15.6 Å². The smallest absolute Gasteiger partial charge is 0.303 e. The molecule has 0 radical (unpaired) electrons. The topological polar surface area (TPSA) is 42.2 Å². The first-order valence-electron chi connectivity index (χ1n) is 6.36. The maximum atomic E-state index is 13.4. The molecule has 0 aliphatic carbocycles. The van der Waals surface area contributed by atoms with Gasteiger partial charge in [0.1, 0.15) is 5.82 Å².